The number of fused-ring (bicyclic) bond motifs is 1. The number of rotatable bonds is 4. The Morgan fingerprint density at radius 2 is 2.05 bits per heavy atom. The molecule has 4 nitrogen and oxygen atoms in total. The van der Waals surface area contributed by atoms with Crippen molar-refractivity contribution >= 4 is 5.69 Å². The summed E-state index contributed by atoms with van der Waals surface area (Å²) in [6.45, 7) is 7.54. The molecule has 3 rings (SSSR count). The lowest BCUT2D eigenvalue weighted by atomic mass is 10.0. The molecule has 0 radical (unpaired) electrons. The highest BCUT2D eigenvalue weighted by atomic mass is 16.5. The molecule has 1 saturated heterocycles. The van der Waals surface area contributed by atoms with Crippen molar-refractivity contribution in [1.82, 2.24) is 9.80 Å². The average Bonchev–Trinajstić information content (AvgIpc) is 2.49. The first kappa shape index (κ1) is 13.7. The average molecular weight is 275 g/mol. The molecule has 0 atom stereocenters. The highest BCUT2D eigenvalue weighted by Crippen LogP contribution is 2.26. The lowest BCUT2D eigenvalue weighted by molar-refractivity contribution is 0.134. The van der Waals surface area contributed by atoms with Crippen LogP contribution in [0.5, 0.6) is 5.75 Å². The van der Waals surface area contributed by atoms with Crippen LogP contribution in [0.3, 0.4) is 0 Å². The minimum atomic E-state index is 0.780. The molecule has 1 aromatic rings. The van der Waals surface area contributed by atoms with Crippen molar-refractivity contribution in [3.05, 3.63) is 23.8 Å². The number of hydrogen-bond acceptors (Lipinski definition) is 4. The Hall–Kier alpha value is -1.26. The van der Waals surface area contributed by atoms with Crippen molar-refractivity contribution in [2.75, 3.05) is 58.2 Å². The number of benzene rings is 1. The van der Waals surface area contributed by atoms with Gasteiger partial charge in [-0.1, -0.05) is 6.07 Å². The molecule has 4 heteroatoms. The molecule has 0 aromatic heterocycles. The lowest BCUT2D eigenvalue weighted by Gasteiger charge is -2.32. The predicted octanol–water partition coefficient (Wildman–Crippen LogP) is 1.67. The maximum Gasteiger partial charge on any atom is 0.121 e. The zero-order valence-corrected chi connectivity index (χ0v) is 12.4. The van der Waals surface area contributed by atoms with E-state index in [0.29, 0.717) is 0 Å². The molecule has 2 aliphatic heterocycles. The predicted molar refractivity (Wildman–Crippen MR) is 82.7 cm³/mol. The van der Waals surface area contributed by atoms with Crippen molar-refractivity contribution in [2.24, 2.45) is 0 Å². The molecule has 0 unspecified atom stereocenters. The van der Waals surface area contributed by atoms with E-state index < -0.39 is 0 Å². The monoisotopic (exact) mass is 275 g/mol. The number of likely N-dealkylation sites (N-methyl/N-ethyl adjacent to an activating group) is 1. The molecule has 110 valence electrons. The SMILES string of the molecule is CN1CCN(CCOc2ccc3c(c2)NCCC3)CC1. The summed E-state index contributed by atoms with van der Waals surface area (Å²) in [6, 6.07) is 6.46. The molecule has 2 heterocycles. The zero-order valence-electron chi connectivity index (χ0n) is 12.4. The second-order valence-corrected chi connectivity index (χ2v) is 5.84. The fourth-order valence-electron chi connectivity index (χ4n) is 2.89. The zero-order chi connectivity index (χ0) is 13.8. The number of hydrogen-bond donors (Lipinski definition) is 1. The van der Waals surface area contributed by atoms with Crippen LogP contribution in [-0.2, 0) is 6.42 Å². The summed E-state index contributed by atoms with van der Waals surface area (Å²) < 4.78 is 5.91. The number of nitrogens with one attached hydrogen (secondary N) is 1. The largest absolute Gasteiger partial charge is 0.492 e. The number of aryl methyl sites for hydroxylation is 1. The van der Waals surface area contributed by atoms with Crippen LogP contribution in [-0.4, -0.2) is 62.7 Å². The van der Waals surface area contributed by atoms with Crippen LogP contribution < -0.4 is 10.1 Å². The van der Waals surface area contributed by atoms with Gasteiger partial charge in [-0.05, 0) is 31.5 Å². The van der Waals surface area contributed by atoms with Crippen LogP contribution in [0.1, 0.15) is 12.0 Å². The van der Waals surface area contributed by atoms with E-state index in [2.05, 4.69) is 40.4 Å². The molecule has 0 aliphatic carbocycles. The standard InChI is InChI=1S/C16H25N3O/c1-18-7-9-19(10-8-18)11-12-20-15-5-4-14-3-2-6-17-16(14)13-15/h4-5,13,17H,2-3,6-12H2,1H3. The Bertz CT molecular complexity index is 441. The number of piperazine rings is 1. The summed E-state index contributed by atoms with van der Waals surface area (Å²) in [5.41, 5.74) is 2.68. The highest BCUT2D eigenvalue weighted by Gasteiger charge is 2.13. The van der Waals surface area contributed by atoms with Crippen molar-refractivity contribution in [2.45, 2.75) is 12.8 Å². The first-order valence-electron chi connectivity index (χ1n) is 7.72. The van der Waals surface area contributed by atoms with Crippen LogP contribution >= 0.6 is 0 Å². The molecule has 2 aliphatic rings. The normalized spacial score (nSPS) is 20.2. The minimum absolute atomic E-state index is 0.780. The van der Waals surface area contributed by atoms with Crippen LogP contribution in [0.4, 0.5) is 5.69 Å². The summed E-state index contributed by atoms with van der Waals surface area (Å²) in [4.78, 5) is 4.86. The molecule has 0 saturated carbocycles. The van der Waals surface area contributed by atoms with Crippen LogP contribution in [0.25, 0.3) is 0 Å². The van der Waals surface area contributed by atoms with Gasteiger partial charge >= 0.3 is 0 Å². The van der Waals surface area contributed by atoms with Gasteiger partial charge in [0.15, 0.2) is 0 Å². The fourth-order valence-corrected chi connectivity index (χ4v) is 2.89. The van der Waals surface area contributed by atoms with Gasteiger partial charge in [-0.2, -0.15) is 0 Å². The molecule has 1 N–H and O–H groups in total. The second-order valence-electron chi connectivity index (χ2n) is 5.84. The van der Waals surface area contributed by atoms with Crippen molar-refractivity contribution in [3.8, 4) is 5.75 Å². The smallest absolute Gasteiger partial charge is 0.121 e. The molecular weight excluding hydrogens is 250 g/mol. The van der Waals surface area contributed by atoms with Gasteiger partial charge in [0.25, 0.3) is 0 Å². The van der Waals surface area contributed by atoms with E-state index in [1.807, 2.05) is 0 Å². The van der Waals surface area contributed by atoms with E-state index in [1.54, 1.807) is 0 Å². The molecule has 0 amide bonds. The van der Waals surface area contributed by atoms with E-state index in [1.165, 1.54) is 37.2 Å². The third-order valence-corrected chi connectivity index (χ3v) is 4.29. The van der Waals surface area contributed by atoms with Crippen molar-refractivity contribution in [1.29, 1.82) is 0 Å². The fraction of sp³-hybridized carbons (Fsp3) is 0.625. The molecule has 1 aromatic carbocycles. The number of anilines is 1. The van der Waals surface area contributed by atoms with Crippen molar-refractivity contribution < 1.29 is 4.74 Å². The Labute approximate surface area is 121 Å². The molecular formula is C16H25N3O. The van der Waals surface area contributed by atoms with E-state index >= 15 is 0 Å². The quantitative estimate of drug-likeness (QED) is 0.904. The van der Waals surface area contributed by atoms with Gasteiger partial charge in [-0.15, -0.1) is 0 Å². The first-order valence-corrected chi connectivity index (χ1v) is 7.72. The van der Waals surface area contributed by atoms with E-state index in [-0.39, 0.29) is 0 Å². The lowest BCUT2D eigenvalue weighted by Crippen LogP contribution is -2.45. The highest BCUT2D eigenvalue weighted by molar-refractivity contribution is 5.56. The Kier molecular flexibility index (Phi) is 4.43. The van der Waals surface area contributed by atoms with Gasteiger partial charge in [-0.25, -0.2) is 0 Å². The second kappa shape index (κ2) is 6.46. The topological polar surface area (TPSA) is 27.7 Å². The van der Waals surface area contributed by atoms with Gasteiger partial charge < -0.3 is 15.0 Å². The van der Waals surface area contributed by atoms with Crippen LogP contribution in [0.2, 0.25) is 0 Å². The number of ether oxygens (including phenoxy) is 1. The van der Waals surface area contributed by atoms with Gasteiger partial charge in [0.2, 0.25) is 0 Å². The summed E-state index contributed by atoms with van der Waals surface area (Å²) in [5.74, 6) is 0.993. The minimum Gasteiger partial charge on any atom is -0.492 e. The van der Waals surface area contributed by atoms with Gasteiger partial charge in [-0.3, -0.25) is 4.90 Å². The van der Waals surface area contributed by atoms with Crippen molar-refractivity contribution in [3.63, 3.8) is 0 Å². The maximum absolute atomic E-state index is 5.91. The number of nitrogens with zero attached hydrogens (tertiary/aromatic N) is 2. The van der Waals surface area contributed by atoms with E-state index in [0.717, 1.165) is 38.5 Å². The summed E-state index contributed by atoms with van der Waals surface area (Å²) in [6.07, 6.45) is 2.42. The third kappa shape index (κ3) is 3.44. The van der Waals surface area contributed by atoms with Gasteiger partial charge in [0, 0.05) is 51.0 Å². The first-order chi connectivity index (χ1) is 9.81. The third-order valence-electron chi connectivity index (χ3n) is 4.29. The van der Waals surface area contributed by atoms with E-state index in [9.17, 15) is 0 Å². The molecule has 0 spiro atoms. The molecule has 1 fully saturated rings. The summed E-state index contributed by atoms with van der Waals surface area (Å²) in [7, 11) is 2.19. The Morgan fingerprint density at radius 3 is 2.90 bits per heavy atom. The van der Waals surface area contributed by atoms with Crippen LogP contribution in [0, 0.1) is 0 Å². The Morgan fingerprint density at radius 1 is 1.20 bits per heavy atom. The van der Waals surface area contributed by atoms with E-state index in [4.69, 9.17) is 4.74 Å². The molecule has 0 bridgehead atoms. The maximum atomic E-state index is 5.91. The summed E-state index contributed by atoms with van der Waals surface area (Å²) >= 11 is 0. The summed E-state index contributed by atoms with van der Waals surface area (Å²) in [5, 5.41) is 3.45. The van der Waals surface area contributed by atoms with Gasteiger partial charge in [0.1, 0.15) is 12.4 Å². The Balaban J connectivity index is 1.46. The molecule has 20 heavy (non-hydrogen) atoms. The van der Waals surface area contributed by atoms with Gasteiger partial charge in [0.05, 0.1) is 0 Å². The van der Waals surface area contributed by atoms with Crippen LogP contribution in [0.15, 0.2) is 18.2 Å².